The van der Waals surface area contributed by atoms with Crippen molar-refractivity contribution in [3.8, 4) is 0 Å². The molecular formula is C22H21FN4O2S. The zero-order chi connectivity index (χ0) is 21.8. The number of para-hydroxylation sites is 1. The lowest BCUT2D eigenvalue weighted by molar-refractivity contribution is -0.116. The number of thiazole rings is 1. The molecule has 154 valence electrons. The molecule has 0 spiro atoms. The van der Waals surface area contributed by atoms with Gasteiger partial charge < -0.3 is 5.32 Å². The number of pyridine rings is 1. The van der Waals surface area contributed by atoms with Crippen LogP contribution in [0.15, 0.2) is 41.8 Å². The van der Waals surface area contributed by atoms with Crippen LogP contribution in [0.4, 0.5) is 20.9 Å². The van der Waals surface area contributed by atoms with Gasteiger partial charge >= 0.3 is 0 Å². The molecular weight excluding hydrogens is 403 g/mol. The number of carbonyl (C=O) groups excluding carboxylic acids is 2. The number of halogens is 1. The molecule has 0 fully saturated rings. The summed E-state index contributed by atoms with van der Waals surface area (Å²) < 4.78 is 14.2. The highest BCUT2D eigenvalue weighted by Gasteiger charge is 2.20. The summed E-state index contributed by atoms with van der Waals surface area (Å²) in [6, 6.07) is 7.91. The molecule has 6 nitrogen and oxygen atoms in total. The Balaban J connectivity index is 1.78. The summed E-state index contributed by atoms with van der Waals surface area (Å²) in [7, 11) is 0. The van der Waals surface area contributed by atoms with E-state index in [9.17, 15) is 14.0 Å². The van der Waals surface area contributed by atoms with Crippen LogP contribution in [0.2, 0.25) is 0 Å². The highest BCUT2D eigenvalue weighted by Crippen LogP contribution is 2.31. The molecule has 30 heavy (non-hydrogen) atoms. The Kier molecular flexibility index (Phi) is 6.37. The van der Waals surface area contributed by atoms with Gasteiger partial charge in [0.05, 0.1) is 22.8 Å². The normalized spacial score (nSPS) is 11.0. The number of nitrogens with one attached hydrogen (secondary N) is 1. The Bertz CT molecular complexity index is 1120. The van der Waals surface area contributed by atoms with Crippen molar-refractivity contribution >= 4 is 45.7 Å². The minimum absolute atomic E-state index is 0.130. The van der Waals surface area contributed by atoms with Crippen molar-refractivity contribution in [2.75, 3.05) is 10.2 Å². The van der Waals surface area contributed by atoms with Gasteiger partial charge in [0.2, 0.25) is 11.8 Å². The number of benzene rings is 1. The molecule has 3 rings (SSSR count). The van der Waals surface area contributed by atoms with Crippen molar-refractivity contribution in [1.82, 2.24) is 9.97 Å². The fraction of sp³-hybridized carbons (Fsp3) is 0.182. The Hall–Kier alpha value is -3.39. The second-order valence-corrected chi connectivity index (χ2v) is 7.56. The first-order valence-electron chi connectivity index (χ1n) is 9.21. The van der Waals surface area contributed by atoms with Gasteiger partial charge in [0, 0.05) is 24.1 Å². The molecule has 2 amide bonds. The van der Waals surface area contributed by atoms with Crippen LogP contribution in [-0.4, -0.2) is 21.8 Å². The van der Waals surface area contributed by atoms with E-state index in [0.29, 0.717) is 16.5 Å². The van der Waals surface area contributed by atoms with Gasteiger partial charge in [-0.1, -0.05) is 12.1 Å². The van der Waals surface area contributed by atoms with Crippen molar-refractivity contribution < 1.29 is 14.0 Å². The van der Waals surface area contributed by atoms with E-state index in [2.05, 4.69) is 15.3 Å². The summed E-state index contributed by atoms with van der Waals surface area (Å²) in [6.07, 6.45) is 2.90. The number of carbonyl (C=O) groups is 2. The van der Waals surface area contributed by atoms with Crippen molar-refractivity contribution in [2.24, 2.45) is 0 Å². The molecule has 1 N–H and O–H groups in total. The van der Waals surface area contributed by atoms with Crippen molar-refractivity contribution in [2.45, 2.75) is 27.7 Å². The van der Waals surface area contributed by atoms with Crippen LogP contribution in [0.5, 0.6) is 0 Å². The van der Waals surface area contributed by atoms with Gasteiger partial charge in [-0.15, -0.1) is 11.3 Å². The molecule has 2 aromatic heterocycles. The van der Waals surface area contributed by atoms with Gasteiger partial charge in [-0.05, 0) is 50.6 Å². The second kappa shape index (κ2) is 8.96. The van der Waals surface area contributed by atoms with Gasteiger partial charge in [0.25, 0.3) is 0 Å². The van der Waals surface area contributed by atoms with E-state index in [1.807, 2.05) is 26.8 Å². The summed E-state index contributed by atoms with van der Waals surface area (Å²) in [5.74, 6) is -1.20. The van der Waals surface area contributed by atoms with Crippen LogP contribution in [-0.2, 0) is 9.59 Å². The Morgan fingerprint density at radius 3 is 2.57 bits per heavy atom. The third-order valence-corrected chi connectivity index (χ3v) is 5.13. The molecule has 0 aliphatic rings. The number of rotatable bonds is 5. The van der Waals surface area contributed by atoms with Gasteiger partial charge in [-0.3, -0.25) is 19.5 Å². The third kappa shape index (κ3) is 4.77. The SMILES string of the molecule is CC(=O)N(c1nc(/C=C/C(=O)Nc2c(C)cc(C)nc2C)cs1)c1ccccc1F. The molecule has 0 aliphatic heterocycles. The maximum Gasteiger partial charge on any atom is 0.248 e. The molecule has 1 aromatic carbocycles. The fourth-order valence-corrected chi connectivity index (χ4v) is 3.88. The molecule has 3 aromatic rings. The van der Waals surface area contributed by atoms with E-state index in [4.69, 9.17) is 0 Å². The van der Waals surface area contributed by atoms with E-state index in [-0.39, 0.29) is 17.5 Å². The molecule has 0 unspecified atom stereocenters. The third-order valence-electron chi connectivity index (χ3n) is 4.29. The predicted molar refractivity (Wildman–Crippen MR) is 117 cm³/mol. The van der Waals surface area contributed by atoms with E-state index in [1.165, 1.54) is 41.4 Å². The lowest BCUT2D eigenvalue weighted by Crippen LogP contribution is -2.23. The lowest BCUT2D eigenvalue weighted by Gasteiger charge is -2.18. The van der Waals surface area contributed by atoms with Gasteiger partial charge in [-0.25, -0.2) is 9.37 Å². The number of amides is 2. The molecule has 8 heteroatoms. The zero-order valence-corrected chi connectivity index (χ0v) is 17.9. The van der Waals surface area contributed by atoms with Crippen molar-refractivity contribution in [3.63, 3.8) is 0 Å². The lowest BCUT2D eigenvalue weighted by atomic mass is 10.1. The smallest absolute Gasteiger partial charge is 0.248 e. The average Bonchev–Trinajstić information content (AvgIpc) is 3.13. The Labute approximate surface area is 178 Å². The average molecular weight is 425 g/mol. The van der Waals surface area contributed by atoms with Crippen LogP contribution in [0.25, 0.3) is 6.08 Å². The van der Waals surface area contributed by atoms with Gasteiger partial charge in [-0.2, -0.15) is 0 Å². The highest BCUT2D eigenvalue weighted by molar-refractivity contribution is 7.14. The quantitative estimate of drug-likeness (QED) is 0.589. The second-order valence-electron chi connectivity index (χ2n) is 6.72. The zero-order valence-electron chi connectivity index (χ0n) is 17.1. The monoisotopic (exact) mass is 424 g/mol. The van der Waals surface area contributed by atoms with Crippen LogP contribution in [0.1, 0.15) is 29.6 Å². The van der Waals surface area contributed by atoms with Crippen molar-refractivity contribution in [3.05, 3.63) is 70.3 Å². The van der Waals surface area contributed by atoms with Gasteiger partial charge in [0.1, 0.15) is 5.82 Å². The number of aromatic nitrogens is 2. The number of nitrogens with zero attached hydrogens (tertiary/aromatic N) is 3. The highest BCUT2D eigenvalue weighted by atomic mass is 32.1. The summed E-state index contributed by atoms with van der Waals surface area (Å²) in [6.45, 7) is 6.99. The molecule has 0 aliphatic carbocycles. The molecule has 2 heterocycles. The van der Waals surface area contributed by atoms with E-state index < -0.39 is 5.82 Å². The first-order valence-corrected chi connectivity index (χ1v) is 10.1. The van der Waals surface area contributed by atoms with Crippen LogP contribution in [0.3, 0.4) is 0 Å². The molecule has 0 saturated heterocycles. The number of hydrogen-bond acceptors (Lipinski definition) is 5. The standard InChI is InChI=1S/C22H21FN4O2S/c1-13-11-14(2)24-15(3)21(13)26-20(29)10-9-17-12-30-22(25-17)27(16(4)28)19-8-6-5-7-18(19)23/h5-12H,1-4H3,(H,26,29)/b10-9+. The minimum atomic E-state index is -0.517. The summed E-state index contributed by atoms with van der Waals surface area (Å²) in [5, 5.41) is 4.85. The minimum Gasteiger partial charge on any atom is -0.321 e. The number of anilines is 3. The van der Waals surface area contributed by atoms with Crippen LogP contribution < -0.4 is 10.2 Å². The van der Waals surface area contributed by atoms with E-state index in [0.717, 1.165) is 17.0 Å². The summed E-state index contributed by atoms with van der Waals surface area (Å²) >= 11 is 1.19. The number of aryl methyl sites for hydroxylation is 3. The summed E-state index contributed by atoms with van der Waals surface area (Å²) in [5.41, 5.74) is 3.86. The molecule has 0 bridgehead atoms. The van der Waals surface area contributed by atoms with Crippen molar-refractivity contribution in [1.29, 1.82) is 0 Å². The fourth-order valence-electron chi connectivity index (χ4n) is 3.03. The first kappa shape index (κ1) is 21.3. The maximum absolute atomic E-state index is 14.2. The largest absolute Gasteiger partial charge is 0.321 e. The molecule has 0 atom stereocenters. The van der Waals surface area contributed by atoms with Crippen LogP contribution in [0, 0.1) is 26.6 Å². The van der Waals surface area contributed by atoms with E-state index >= 15 is 0 Å². The number of hydrogen-bond donors (Lipinski definition) is 1. The molecule has 0 saturated carbocycles. The predicted octanol–water partition coefficient (Wildman–Crippen LogP) is 4.94. The van der Waals surface area contributed by atoms with E-state index in [1.54, 1.807) is 23.6 Å². The topological polar surface area (TPSA) is 75.2 Å². The van der Waals surface area contributed by atoms with Gasteiger partial charge in [0.15, 0.2) is 5.13 Å². The Morgan fingerprint density at radius 2 is 1.90 bits per heavy atom. The maximum atomic E-state index is 14.2. The molecule has 0 radical (unpaired) electrons. The Morgan fingerprint density at radius 1 is 1.17 bits per heavy atom. The summed E-state index contributed by atoms with van der Waals surface area (Å²) in [4.78, 5) is 34.4. The first-order chi connectivity index (χ1) is 14.3. The van der Waals surface area contributed by atoms with Crippen LogP contribution >= 0.6 is 11.3 Å².